The number of hydrogen-bond donors (Lipinski definition) is 1. The van der Waals surface area contributed by atoms with Gasteiger partial charge in [-0.1, -0.05) is 13.0 Å². The predicted molar refractivity (Wildman–Crippen MR) is 57.5 cm³/mol. The van der Waals surface area contributed by atoms with Crippen LogP contribution in [-0.2, 0) is 17.6 Å². The largest absolute Gasteiger partial charge is 0.300 e. The first kappa shape index (κ1) is 10.3. The quantitative estimate of drug-likeness (QED) is 0.732. The Labute approximate surface area is 84.6 Å². The zero-order chi connectivity index (χ0) is 9.84. The molecular formula is C11H14OS. The maximum Gasteiger partial charge on any atom is 0.134 e. The summed E-state index contributed by atoms with van der Waals surface area (Å²) < 4.78 is 0. The van der Waals surface area contributed by atoms with Crippen molar-refractivity contribution in [2.45, 2.75) is 31.6 Å². The monoisotopic (exact) mass is 194 g/mol. The van der Waals surface area contributed by atoms with Crippen molar-refractivity contribution in [1.29, 1.82) is 0 Å². The molecule has 0 N–H and O–H groups in total. The minimum absolute atomic E-state index is 0.210. The summed E-state index contributed by atoms with van der Waals surface area (Å²) in [6.45, 7) is 3.71. The number of hydrogen-bond acceptors (Lipinski definition) is 2. The lowest BCUT2D eigenvalue weighted by atomic mass is 10.0. The lowest BCUT2D eigenvalue weighted by molar-refractivity contribution is -0.116. The lowest BCUT2D eigenvalue weighted by Crippen LogP contribution is -2.00. The van der Waals surface area contributed by atoms with Crippen LogP contribution in [0.25, 0.3) is 0 Å². The highest BCUT2D eigenvalue weighted by molar-refractivity contribution is 7.80. The van der Waals surface area contributed by atoms with E-state index in [0.29, 0.717) is 6.42 Å². The molecule has 0 heterocycles. The molecule has 1 aromatic rings. The highest BCUT2D eigenvalue weighted by atomic mass is 32.1. The zero-order valence-corrected chi connectivity index (χ0v) is 8.90. The van der Waals surface area contributed by atoms with Crippen molar-refractivity contribution in [2.24, 2.45) is 0 Å². The molecule has 1 aromatic carbocycles. The Morgan fingerprint density at radius 2 is 2.08 bits per heavy atom. The van der Waals surface area contributed by atoms with Crippen LogP contribution in [0.5, 0.6) is 0 Å². The molecule has 0 unspecified atom stereocenters. The minimum Gasteiger partial charge on any atom is -0.300 e. The van der Waals surface area contributed by atoms with E-state index in [2.05, 4.69) is 19.6 Å². The van der Waals surface area contributed by atoms with Gasteiger partial charge in [-0.3, -0.25) is 4.79 Å². The van der Waals surface area contributed by atoms with Crippen LogP contribution in [0.2, 0.25) is 0 Å². The van der Waals surface area contributed by atoms with Gasteiger partial charge in [-0.15, -0.1) is 12.6 Å². The molecule has 0 spiro atoms. The van der Waals surface area contributed by atoms with Crippen molar-refractivity contribution >= 4 is 18.4 Å². The van der Waals surface area contributed by atoms with Crippen LogP contribution < -0.4 is 0 Å². The molecule has 0 saturated heterocycles. The van der Waals surface area contributed by atoms with Crippen LogP contribution in [0.4, 0.5) is 0 Å². The van der Waals surface area contributed by atoms with Gasteiger partial charge in [-0.25, -0.2) is 0 Å². The molecule has 1 rings (SSSR count). The first-order valence-corrected chi connectivity index (χ1v) is 4.88. The van der Waals surface area contributed by atoms with E-state index in [1.807, 2.05) is 18.2 Å². The van der Waals surface area contributed by atoms with Gasteiger partial charge in [0.25, 0.3) is 0 Å². The van der Waals surface area contributed by atoms with Crippen molar-refractivity contribution in [3.05, 3.63) is 29.3 Å². The van der Waals surface area contributed by atoms with Crippen LogP contribution in [0.1, 0.15) is 25.0 Å². The van der Waals surface area contributed by atoms with Gasteiger partial charge in [0.1, 0.15) is 5.78 Å². The number of aryl methyl sites for hydroxylation is 1. The molecule has 0 atom stereocenters. The Hall–Kier alpha value is -0.760. The third-order valence-electron chi connectivity index (χ3n) is 2.01. The summed E-state index contributed by atoms with van der Waals surface area (Å²) in [4.78, 5) is 11.9. The van der Waals surface area contributed by atoms with Crippen molar-refractivity contribution < 1.29 is 4.79 Å². The van der Waals surface area contributed by atoms with Gasteiger partial charge in [0.15, 0.2) is 0 Å². The molecule has 0 fully saturated rings. The number of carbonyl (C=O) groups is 1. The molecule has 13 heavy (non-hydrogen) atoms. The van der Waals surface area contributed by atoms with Crippen molar-refractivity contribution in [3.8, 4) is 0 Å². The van der Waals surface area contributed by atoms with E-state index >= 15 is 0 Å². The first-order valence-electron chi connectivity index (χ1n) is 4.43. The van der Waals surface area contributed by atoms with Crippen LogP contribution >= 0.6 is 12.6 Å². The smallest absolute Gasteiger partial charge is 0.134 e. The second kappa shape index (κ2) is 4.47. The van der Waals surface area contributed by atoms with Gasteiger partial charge in [0.2, 0.25) is 0 Å². The Balaban J connectivity index is 2.99. The normalized spacial score (nSPS) is 10.1. The predicted octanol–water partition coefficient (Wildman–Crippen LogP) is 2.67. The fourth-order valence-electron chi connectivity index (χ4n) is 1.38. The highest BCUT2D eigenvalue weighted by Gasteiger charge is 2.03. The third kappa shape index (κ3) is 2.88. The molecule has 0 radical (unpaired) electrons. The van der Waals surface area contributed by atoms with E-state index in [-0.39, 0.29) is 5.78 Å². The molecular weight excluding hydrogens is 180 g/mol. The molecule has 1 nitrogen and oxygen atoms in total. The number of benzene rings is 1. The topological polar surface area (TPSA) is 17.1 Å². The Morgan fingerprint density at radius 1 is 1.38 bits per heavy atom. The maximum atomic E-state index is 10.9. The van der Waals surface area contributed by atoms with Gasteiger partial charge in [0, 0.05) is 11.3 Å². The van der Waals surface area contributed by atoms with Crippen LogP contribution in [0, 0.1) is 0 Å². The van der Waals surface area contributed by atoms with Gasteiger partial charge in [0.05, 0.1) is 0 Å². The summed E-state index contributed by atoms with van der Waals surface area (Å²) in [7, 11) is 0. The number of thiol groups is 1. The van der Waals surface area contributed by atoms with Gasteiger partial charge >= 0.3 is 0 Å². The van der Waals surface area contributed by atoms with E-state index < -0.39 is 0 Å². The molecule has 0 aliphatic rings. The van der Waals surface area contributed by atoms with Crippen LogP contribution in [-0.4, -0.2) is 5.78 Å². The van der Waals surface area contributed by atoms with Crippen LogP contribution in [0.3, 0.4) is 0 Å². The average molecular weight is 194 g/mol. The number of Topliss-reactive ketones (excluding diaryl/α,β-unsaturated/α-hetero) is 1. The number of carbonyl (C=O) groups excluding carboxylic acids is 1. The minimum atomic E-state index is 0.210. The standard InChI is InChI=1S/C11H14OS/c1-3-9-7-11(13)5-4-10(9)6-8(2)12/h4-5,7,13H,3,6H2,1-2H3. The van der Waals surface area contributed by atoms with Gasteiger partial charge in [-0.2, -0.15) is 0 Å². The molecule has 0 aromatic heterocycles. The summed E-state index contributed by atoms with van der Waals surface area (Å²) in [6.07, 6.45) is 1.49. The maximum absolute atomic E-state index is 10.9. The number of rotatable bonds is 3. The highest BCUT2D eigenvalue weighted by Crippen LogP contribution is 2.16. The molecule has 0 aliphatic heterocycles. The second-order valence-electron chi connectivity index (χ2n) is 3.19. The summed E-state index contributed by atoms with van der Waals surface area (Å²) in [5.74, 6) is 0.210. The van der Waals surface area contributed by atoms with E-state index in [1.54, 1.807) is 6.92 Å². The van der Waals surface area contributed by atoms with Crippen molar-refractivity contribution in [1.82, 2.24) is 0 Å². The number of ketones is 1. The van der Waals surface area contributed by atoms with E-state index in [9.17, 15) is 4.79 Å². The fraction of sp³-hybridized carbons (Fsp3) is 0.364. The summed E-state index contributed by atoms with van der Waals surface area (Å²) in [5.41, 5.74) is 2.36. The molecule has 0 bridgehead atoms. The second-order valence-corrected chi connectivity index (χ2v) is 3.70. The van der Waals surface area contributed by atoms with E-state index in [0.717, 1.165) is 16.9 Å². The third-order valence-corrected chi connectivity index (χ3v) is 2.29. The molecule has 2 heteroatoms. The van der Waals surface area contributed by atoms with Crippen molar-refractivity contribution in [3.63, 3.8) is 0 Å². The summed E-state index contributed by atoms with van der Waals surface area (Å²) in [5, 5.41) is 0. The first-order chi connectivity index (χ1) is 6.13. The Bertz CT molecular complexity index is 318. The zero-order valence-electron chi connectivity index (χ0n) is 8.00. The Kier molecular flexibility index (Phi) is 3.55. The average Bonchev–Trinajstić information content (AvgIpc) is 2.07. The molecule has 0 aliphatic carbocycles. The molecule has 70 valence electrons. The van der Waals surface area contributed by atoms with Gasteiger partial charge in [-0.05, 0) is 36.6 Å². The fourth-order valence-corrected chi connectivity index (χ4v) is 1.61. The van der Waals surface area contributed by atoms with E-state index in [4.69, 9.17) is 0 Å². The summed E-state index contributed by atoms with van der Waals surface area (Å²) >= 11 is 4.26. The van der Waals surface area contributed by atoms with E-state index in [1.165, 1.54) is 5.56 Å². The van der Waals surface area contributed by atoms with Gasteiger partial charge < -0.3 is 0 Å². The SMILES string of the molecule is CCc1cc(S)ccc1CC(C)=O. The van der Waals surface area contributed by atoms with Crippen molar-refractivity contribution in [2.75, 3.05) is 0 Å². The molecule has 0 amide bonds. The Morgan fingerprint density at radius 3 is 2.62 bits per heavy atom. The summed E-state index contributed by atoms with van der Waals surface area (Å²) in [6, 6.07) is 5.95. The lowest BCUT2D eigenvalue weighted by Gasteiger charge is -2.06. The molecule has 0 saturated carbocycles. The van der Waals surface area contributed by atoms with Crippen LogP contribution in [0.15, 0.2) is 23.1 Å².